The Morgan fingerprint density at radius 1 is 1.29 bits per heavy atom. The van der Waals surface area contributed by atoms with Crippen molar-refractivity contribution in [2.45, 2.75) is 6.42 Å². The maximum absolute atomic E-state index is 8.70. The van der Waals surface area contributed by atoms with Crippen LogP contribution in [0, 0.1) is 0 Å². The zero-order valence-corrected chi connectivity index (χ0v) is 7.55. The molecular formula is C10H10N2O2. The topological polar surface area (TPSA) is 59.2 Å². The van der Waals surface area contributed by atoms with Crippen LogP contribution in [0.3, 0.4) is 0 Å². The molecule has 4 heteroatoms. The van der Waals surface area contributed by atoms with E-state index in [1.165, 1.54) is 0 Å². The van der Waals surface area contributed by atoms with E-state index in [2.05, 4.69) is 9.97 Å². The fourth-order valence-corrected chi connectivity index (χ4v) is 1.14. The SMILES string of the molecule is OCCc1cnc(-c2ccccn2)o1. The molecule has 0 fully saturated rings. The molecule has 0 radical (unpaired) electrons. The predicted molar refractivity (Wildman–Crippen MR) is 50.5 cm³/mol. The van der Waals surface area contributed by atoms with Gasteiger partial charge in [0.1, 0.15) is 11.5 Å². The van der Waals surface area contributed by atoms with Crippen LogP contribution in [0.5, 0.6) is 0 Å². The molecule has 0 spiro atoms. The highest BCUT2D eigenvalue weighted by Gasteiger charge is 2.06. The fourth-order valence-electron chi connectivity index (χ4n) is 1.14. The first-order chi connectivity index (χ1) is 6.90. The summed E-state index contributed by atoms with van der Waals surface area (Å²) in [7, 11) is 0. The van der Waals surface area contributed by atoms with Crippen LogP contribution in [-0.2, 0) is 6.42 Å². The molecule has 14 heavy (non-hydrogen) atoms. The summed E-state index contributed by atoms with van der Waals surface area (Å²) in [5, 5.41) is 8.70. The third kappa shape index (κ3) is 1.80. The average Bonchev–Trinajstić information content (AvgIpc) is 2.68. The van der Waals surface area contributed by atoms with Crippen LogP contribution >= 0.6 is 0 Å². The zero-order chi connectivity index (χ0) is 9.80. The van der Waals surface area contributed by atoms with Gasteiger partial charge in [0.05, 0.1) is 12.8 Å². The Balaban J connectivity index is 2.25. The van der Waals surface area contributed by atoms with Gasteiger partial charge in [0.2, 0.25) is 5.89 Å². The average molecular weight is 190 g/mol. The van der Waals surface area contributed by atoms with Gasteiger partial charge < -0.3 is 9.52 Å². The quantitative estimate of drug-likeness (QED) is 0.791. The zero-order valence-electron chi connectivity index (χ0n) is 7.55. The highest BCUT2D eigenvalue weighted by molar-refractivity contribution is 5.45. The first-order valence-corrected chi connectivity index (χ1v) is 4.37. The van der Waals surface area contributed by atoms with E-state index in [-0.39, 0.29) is 6.61 Å². The maximum Gasteiger partial charge on any atom is 0.245 e. The lowest BCUT2D eigenvalue weighted by Gasteiger charge is -1.92. The van der Waals surface area contributed by atoms with Crippen molar-refractivity contribution in [3.05, 3.63) is 36.4 Å². The second-order valence-corrected chi connectivity index (χ2v) is 2.82. The Bertz CT molecular complexity index is 398. The first-order valence-electron chi connectivity index (χ1n) is 4.37. The van der Waals surface area contributed by atoms with Crippen molar-refractivity contribution in [3.63, 3.8) is 0 Å². The summed E-state index contributed by atoms with van der Waals surface area (Å²) in [4.78, 5) is 8.17. The van der Waals surface area contributed by atoms with Crippen molar-refractivity contribution < 1.29 is 9.52 Å². The highest BCUT2D eigenvalue weighted by Crippen LogP contribution is 2.15. The molecule has 4 nitrogen and oxygen atoms in total. The van der Waals surface area contributed by atoms with Gasteiger partial charge in [-0.05, 0) is 12.1 Å². The number of hydrogen-bond donors (Lipinski definition) is 1. The van der Waals surface area contributed by atoms with Gasteiger partial charge in [-0.3, -0.25) is 4.98 Å². The fraction of sp³-hybridized carbons (Fsp3) is 0.200. The number of pyridine rings is 1. The highest BCUT2D eigenvalue weighted by atomic mass is 16.4. The molecule has 72 valence electrons. The molecule has 0 amide bonds. The number of aromatic nitrogens is 2. The van der Waals surface area contributed by atoms with Crippen molar-refractivity contribution >= 4 is 0 Å². The number of aliphatic hydroxyl groups is 1. The molecule has 2 aromatic heterocycles. The van der Waals surface area contributed by atoms with Crippen LogP contribution in [0.25, 0.3) is 11.6 Å². The molecular weight excluding hydrogens is 180 g/mol. The number of nitrogens with zero attached hydrogens (tertiary/aromatic N) is 2. The summed E-state index contributed by atoms with van der Waals surface area (Å²) in [6.45, 7) is 0.0663. The molecule has 2 aromatic rings. The molecule has 0 saturated carbocycles. The van der Waals surface area contributed by atoms with Gasteiger partial charge in [-0.15, -0.1) is 0 Å². The van der Waals surface area contributed by atoms with Crippen molar-refractivity contribution in [2.24, 2.45) is 0 Å². The minimum absolute atomic E-state index is 0.0663. The minimum Gasteiger partial charge on any atom is -0.440 e. The molecule has 0 aromatic carbocycles. The van der Waals surface area contributed by atoms with Gasteiger partial charge in [-0.2, -0.15) is 0 Å². The van der Waals surface area contributed by atoms with Gasteiger partial charge in [-0.1, -0.05) is 6.07 Å². The summed E-state index contributed by atoms with van der Waals surface area (Å²) >= 11 is 0. The summed E-state index contributed by atoms with van der Waals surface area (Å²) in [6, 6.07) is 5.54. The Morgan fingerprint density at radius 3 is 2.93 bits per heavy atom. The third-order valence-corrected chi connectivity index (χ3v) is 1.80. The van der Waals surface area contributed by atoms with Crippen LogP contribution in [0.15, 0.2) is 35.0 Å². The van der Waals surface area contributed by atoms with Crippen molar-refractivity contribution in [2.75, 3.05) is 6.61 Å². The lowest BCUT2D eigenvalue weighted by Crippen LogP contribution is -1.86. The minimum atomic E-state index is 0.0663. The van der Waals surface area contributed by atoms with E-state index in [9.17, 15) is 0 Å². The Hall–Kier alpha value is -1.68. The number of hydrogen-bond acceptors (Lipinski definition) is 4. The van der Waals surface area contributed by atoms with Crippen molar-refractivity contribution in [1.29, 1.82) is 0 Å². The van der Waals surface area contributed by atoms with Crippen molar-refractivity contribution in [3.8, 4) is 11.6 Å². The van der Waals surface area contributed by atoms with E-state index in [0.29, 0.717) is 23.8 Å². The van der Waals surface area contributed by atoms with Crippen LogP contribution in [-0.4, -0.2) is 21.7 Å². The first kappa shape index (κ1) is 8.90. The molecule has 1 N–H and O–H groups in total. The molecule has 0 unspecified atom stereocenters. The maximum atomic E-state index is 8.70. The summed E-state index contributed by atoms with van der Waals surface area (Å²) < 4.78 is 5.38. The normalized spacial score (nSPS) is 10.4. The van der Waals surface area contributed by atoms with E-state index in [1.54, 1.807) is 12.4 Å². The second-order valence-electron chi connectivity index (χ2n) is 2.82. The number of rotatable bonds is 3. The lowest BCUT2D eigenvalue weighted by molar-refractivity contribution is 0.288. The van der Waals surface area contributed by atoms with Crippen LogP contribution in [0.1, 0.15) is 5.76 Å². The number of aliphatic hydroxyl groups excluding tert-OH is 1. The molecule has 0 atom stereocenters. The van der Waals surface area contributed by atoms with E-state index in [0.717, 1.165) is 0 Å². The summed E-state index contributed by atoms with van der Waals surface area (Å²) in [5.74, 6) is 1.17. The molecule has 2 heterocycles. The molecule has 0 aliphatic rings. The standard InChI is InChI=1S/C10H10N2O2/c13-6-4-8-7-12-10(14-8)9-3-1-2-5-11-9/h1-3,5,7,13H,4,6H2. The Labute approximate surface area is 81.2 Å². The lowest BCUT2D eigenvalue weighted by atomic mass is 10.3. The number of oxazole rings is 1. The van der Waals surface area contributed by atoms with Gasteiger partial charge >= 0.3 is 0 Å². The van der Waals surface area contributed by atoms with Gasteiger partial charge in [-0.25, -0.2) is 4.98 Å². The molecule has 0 bridgehead atoms. The molecule has 0 saturated heterocycles. The Morgan fingerprint density at radius 2 is 2.21 bits per heavy atom. The van der Waals surface area contributed by atoms with E-state index in [4.69, 9.17) is 9.52 Å². The predicted octanol–water partition coefficient (Wildman–Crippen LogP) is 1.27. The molecule has 2 rings (SSSR count). The third-order valence-electron chi connectivity index (χ3n) is 1.80. The van der Waals surface area contributed by atoms with Crippen LogP contribution < -0.4 is 0 Å². The van der Waals surface area contributed by atoms with E-state index >= 15 is 0 Å². The Kier molecular flexibility index (Phi) is 2.55. The van der Waals surface area contributed by atoms with E-state index in [1.807, 2.05) is 18.2 Å². The van der Waals surface area contributed by atoms with Gasteiger partial charge in [0, 0.05) is 12.6 Å². The monoisotopic (exact) mass is 190 g/mol. The summed E-state index contributed by atoms with van der Waals surface area (Å²) in [5.41, 5.74) is 0.705. The molecule has 0 aliphatic heterocycles. The van der Waals surface area contributed by atoms with Gasteiger partial charge in [0.15, 0.2) is 0 Å². The smallest absolute Gasteiger partial charge is 0.245 e. The van der Waals surface area contributed by atoms with Crippen LogP contribution in [0.4, 0.5) is 0 Å². The summed E-state index contributed by atoms with van der Waals surface area (Å²) in [6.07, 6.45) is 3.78. The van der Waals surface area contributed by atoms with Crippen molar-refractivity contribution in [1.82, 2.24) is 9.97 Å². The van der Waals surface area contributed by atoms with Gasteiger partial charge in [0.25, 0.3) is 0 Å². The molecule has 0 aliphatic carbocycles. The van der Waals surface area contributed by atoms with E-state index < -0.39 is 0 Å². The second kappa shape index (κ2) is 4.02. The largest absolute Gasteiger partial charge is 0.440 e. The van der Waals surface area contributed by atoms with Crippen LogP contribution in [0.2, 0.25) is 0 Å².